The van der Waals surface area contributed by atoms with Crippen molar-refractivity contribution in [2.75, 3.05) is 13.1 Å². The van der Waals surface area contributed by atoms with E-state index >= 15 is 0 Å². The fraction of sp³-hybridized carbons (Fsp3) is 0.900. The largest absolute Gasteiger partial charge is 0.480 e. The molecule has 0 saturated carbocycles. The van der Waals surface area contributed by atoms with Crippen molar-refractivity contribution in [2.24, 2.45) is 5.73 Å². The molecular formula is C10H22N2O2. The molecule has 0 unspecified atom stereocenters. The van der Waals surface area contributed by atoms with E-state index < -0.39 is 12.0 Å². The lowest BCUT2D eigenvalue weighted by Gasteiger charge is -2.13. The number of nitrogens with one attached hydrogen (secondary N) is 1. The monoisotopic (exact) mass is 202 g/mol. The van der Waals surface area contributed by atoms with Gasteiger partial charge in [0.2, 0.25) is 0 Å². The molecule has 0 rings (SSSR count). The number of aliphatic carboxylic acids is 1. The summed E-state index contributed by atoms with van der Waals surface area (Å²) in [6, 6.07) is -0.395. The number of carbonyl (C=O) groups is 1. The summed E-state index contributed by atoms with van der Waals surface area (Å²) >= 11 is 0. The highest BCUT2D eigenvalue weighted by Crippen LogP contribution is 2.01. The second kappa shape index (κ2) is 8.97. The molecule has 4 N–H and O–H groups in total. The van der Waals surface area contributed by atoms with Crippen molar-refractivity contribution < 1.29 is 9.90 Å². The molecule has 0 amide bonds. The molecule has 1 atom stereocenters. The van der Waals surface area contributed by atoms with Gasteiger partial charge in [-0.25, -0.2) is 0 Å². The molecule has 0 fully saturated rings. The molecular weight excluding hydrogens is 180 g/mol. The topological polar surface area (TPSA) is 75.3 Å². The van der Waals surface area contributed by atoms with Crippen LogP contribution in [0.5, 0.6) is 0 Å². The highest BCUT2D eigenvalue weighted by atomic mass is 16.4. The lowest BCUT2D eigenvalue weighted by Crippen LogP contribution is -2.37. The summed E-state index contributed by atoms with van der Waals surface area (Å²) in [7, 11) is 0. The standard InChI is InChI=1S/C10H22N2O2/c1-2-3-8-12-9(10(13)14)6-4-5-7-11/h9,12H,2-8,11H2,1H3,(H,13,14)/t9-/m0/s1. The summed E-state index contributed by atoms with van der Waals surface area (Å²) in [6.45, 7) is 3.52. The fourth-order valence-corrected chi connectivity index (χ4v) is 1.26. The summed E-state index contributed by atoms with van der Waals surface area (Å²) in [5.41, 5.74) is 5.34. The van der Waals surface area contributed by atoms with Gasteiger partial charge in [0.15, 0.2) is 0 Å². The van der Waals surface area contributed by atoms with E-state index in [1.807, 2.05) is 0 Å². The Morgan fingerprint density at radius 3 is 2.64 bits per heavy atom. The van der Waals surface area contributed by atoms with Crippen LogP contribution < -0.4 is 11.1 Å². The van der Waals surface area contributed by atoms with Crippen LogP contribution in [-0.2, 0) is 4.79 Å². The van der Waals surface area contributed by atoms with E-state index in [-0.39, 0.29) is 0 Å². The molecule has 4 heteroatoms. The third kappa shape index (κ3) is 6.86. The number of nitrogens with two attached hydrogens (primary N) is 1. The number of rotatable bonds is 9. The second-order valence-electron chi connectivity index (χ2n) is 3.48. The van der Waals surface area contributed by atoms with Gasteiger partial charge in [-0.3, -0.25) is 4.79 Å². The quantitative estimate of drug-likeness (QED) is 0.487. The van der Waals surface area contributed by atoms with Crippen molar-refractivity contribution in [3.8, 4) is 0 Å². The minimum Gasteiger partial charge on any atom is -0.480 e. The Bertz CT molecular complexity index is 141. The van der Waals surface area contributed by atoms with E-state index in [1.54, 1.807) is 0 Å². The average molecular weight is 202 g/mol. The SMILES string of the molecule is CCCCN[C@@H](CCCCN)C(=O)O. The van der Waals surface area contributed by atoms with Crippen LogP contribution in [0.3, 0.4) is 0 Å². The van der Waals surface area contributed by atoms with Gasteiger partial charge in [0, 0.05) is 0 Å². The molecule has 0 aliphatic rings. The molecule has 4 nitrogen and oxygen atoms in total. The molecule has 0 aromatic heterocycles. The van der Waals surface area contributed by atoms with Crippen molar-refractivity contribution in [1.82, 2.24) is 5.32 Å². The van der Waals surface area contributed by atoms with Crippen molar-refractivity contribution in [1.29, 1.82) is 0 Å². The molecule has 0 aromatic rings. The number of carboxylic acid groups (broad SMARTS) is 1. The molecule has 0 heterocycles. The zero-order valence-electron chi connectivity index (χ0n) is 8.96. The predicted molar refractivity (Wildman–Crippen MR) is 57.2 cm³/mol. The summed E-state index contributed by atoms with van der Waals surface area (Å²) in [5.74, 6) is -0.752. The van der Waals surface area contributed by atoms with E-state index in [4.69, 9.17) is 10.8 Å². The zero-order chi connectivity index (χ0) is 10.8. The Hall–Kier alpha value is -0.610. The molecule has 0 aromatic carbocycles. The van der Waals surface area contributed by atoms with Crippen molar-refractivity contribution in [3.05, 3.63) is 0 Å². The van der Waals surface area contributed by atoms with Crippen molar-refractivity contribution in [3.63, 3.8) is 0 Å². The maximum atomic E-state index is 10.8. The van der Waals surface area contributed by atoms with Crippen LogP contribution in [0.15, 0.2) is 0 Å². The zero-order valence-corrected chi connectivity index (χ0v) is 8.96. The Balaban J connectivity index is 3.61. The first-order chi connectivity index (χ1) is 6.72. The number of unbranched alkanes of at least 4 members (excludes halogenated alkanes) is 2. The number of hydrogen-bond acceptors (Lipinski definition) is 3. The average Bonchev–Trinajstić information content (AvgIpc) is 2.15. The molecule has 0 radical (unpaired) electrons. The highest BCUT2D eigenvalue weighted by Gasteiger charge is 2.14. The predicted octanol–water partition coefficient (Wildman–Crippen LogP) is 0.958. The summed E-state index contributed by atoms with van der Waals surface area (Å²) in [6.07, 6.45) is 4.57. The smallest absolute Gasteiger partial charge is 0.320 e. The minimum atomic E-state index is -0.752. The van der Waals surface area contributed by atoms with Crippen molar-refractivity contribution >= 4 is 5.97 Å². The van der Waals surface area contributed by atoms with Crippen LogP contribution in [0.2, 0.25) is 0 Å². The van der Waals surface area contributed by atoms with Crippen LogP contribution in [-0.4, -0.2) is 30.2 Å². The van der Waals surface area contributed by atoms with Gasteiger partial charge >= 0.3 is 5.97 Å². The normalized spacial score (nSPS) is 12.7. The van der Waals surface area contributed by atoms with Crippen LogP contribution in [0.1, 0.15) is 39.0 Å². The maximum Gasteiger partial charge on any atom is 0.320 e. The van der Waals surface area contributed by atoms with Crippen LogP contribution >= 0.6 is 0 Å². The van der Waals surface area contributed by atoms with Gasteiger partial charge in [0.05, 0.1) is 0 Å². The van der Waals surface area contributed by atoms with Crippen LogP contribution in [0.25, 0.3) is 0 Å². The first-order valence-electron chi connectivity index (χ1n) is 5.38. The van der Waals surface area contributed by atoms with Gasteiger partial charge in [-0.15, -0.1) is 0 Å². The van der Waals surface area contributed by atoms with Crippen LogP contribution in [0, 0.1) is 0 Å². The van der Waals surface area contributed by atoms with Gasteiger partial charge in [0.1, 0.15) is 6.04 Å². The van der Waals surface area contributed by atoms with Gasteiger partial charge in [-0.1, -0.05) is 19.8 Å². The lowest BCUT2D eigenvalue weighted by atomic mass is 10.1. The molecule has 0 aliphatic carbocycles. The molecule has 84 valence electrons. The molecule has 0 saturated heterocycles. The first-order valence-corrected chi connectivity index (χ1v) is 5.38. The highest BCUT2D eigenvalue weighted by molar-refractivity contribution is 5.73. The Kier molecular flexibility index (Phi) is 8.57. The van der Waals surface area contributed by atoms with E-state index in [0.29, 0.717) is 13.0 Å². The lowest BCUT2D eigenvalue weighted by molar-refractivity contribution is -0.139. The third-order valence-electron chi connectivity index (χ3n) is 2.17. The third-order valence-corrected chi connectivity index (χ3v) is 2.17. The molecule has 14 heavy (non-hydrogen) atoms. The number of carboxylic acids is 1. The van der Waals surface area contributed by atoms with Crippen molar-refractivity contribution in [2.45, 2.75) is 45.1 Å². The first kappa shape index (κ1) is 13.4. The van der Waals surface area contributed by atoms with E-state index in [0.717, 1.165) is 32.2 Å². The fourth-order valence-electron chi connectivity index (χ4n) is 1.26. The van der Waals surface area contributed by atoms with E-state index in [2.05, 4.69) is 12.2 Å². The van der Waals surface area contributed by atoms with Gasteiger partial charge in [0.25, 0.3) is 0 Å². The Labute approximate surface area is 85.9 Å². The van der Waals surface area contributed by atoms with E-state index in [9.17, 15) is 4.79 Å². The molecule has 0 aliphatic heterocycles. The van der Waals surface area contributed by atoms with Crippen LogP contribution in [0.4, 0.5) is 0 Å². The van der Waals surface area contributed by atoms with E-state index in [1.165, 1.54) is 0 Å². The summed E-state index contributed by atoms with van der Waals surface area (Å²) in [5, 5.41) is 11.9. The Morgan fingerprint density at radius 1 is 1.43 bits per heavy atom. The second-order valence-corrected chi connectivity index (χ2v) is 3.48. The maximum absolute atomic E-state index is 10.8. The van der Waals surface area contributed by atoms with Gasteiger partial charge in [-0.2, -0.15) is 0 Å². The molecule has 0 bridgehead atoms. The molecule has 0 spiro atoms. The summed E-state index contributed by atoms with van der Waals surface area (Å²) < 4.78 is 0. The van der Waals surface area contributed by atoms with Gasteiger partial charge in [-0.05, 0) is 32.4 Å². The number of hydrogen-bond donors (Lipinski definition) is 3. The summed E-state index contributed by atoms with van der Waals surface area (Å²) in [4.78, 5) is 10.8. The minimum absolute atomic E-state index is 0.395. The Morgan fingerprint density at radius 2 is 2.14 bits per heavy atom. The van der Waals surface area contributed by atoms with Gasteiger partial charge < -0.3 is 16.2 Å².